The number of rotatable bonds is 5. The first-order valence-corrected chi connectivity index (χ1v) is 12.0. The van der Waals surface area contributed by atoms with E-state index in [0.717, 1.165) is 35.1 Å². The molecule has 1 aromatic carbocycles. The van der Waals surface area contributed by atoms with Crippen molar-refractivity contribution >= 4 is 32.4 Å². The van der Waals surface area contributed by atoms with Crippen LogP contribution in [0.5, 0.6) is 0 Å². The summed E-state index contributed by atoms with van der Waals surface area (Å²) in [5, 5.41) is 7.21. The van der Waals surface area contributed by atoms with Crippen LogP contribution in [-0.2, 0) is 16.4 Å². The zero-order valence-electron chi connectivity index (χ0n) is 18.6. The second-order valence-electron chi connectivity index (χ2n) is 8.49. The van der Waals surface area contributed by atoms with Crippen molar-refractivity contribution in [1.29, 1.82) is 0 Å². The average Bonchev–Trinajstić information content (AvgIpc) is 3.52. The second kappa shape index (κ2) is 7.37. The Morgan fingerprint density at radius 2 is 2.03 bits per heavy atom. The summed E-state index contributed by atoms with van der Waals surface area (Å²) in [6, 6.07) is 8.42. The quantitative estimate of drug-likeness (QED) is 0.499. The van der Waals surface area contributed by atoms with Gasteiger partial charge in [0, 0.05) is 56.5 Å². The number of aromatic nitrogens is 4. The fourth-order valence-corrected chi connectivity index (χ4v) is 5.52. The summed E-state index contributed by atoms with van der Waals surface area (Å²) in [5.74, 6) is 0. The first kappa shape index (κ1) is 20.6. The molecule has 0 saturated carbocycles. The van der Waals surface area contributed by atoms with Gasteiger partial charge in [0.2, 0.25) is 0 Å². The molecule has 0 radical (unpaired) electrons. The van der Waals surface area contributed by atoms with Crippen LogP contribution in [0.1, 0.15) is 25.5 Å². The summed E-state index contributed by atoms with van der Waals surface area (Å²) in [6.07, 6.45) is 7.50. The number of fused-ring (bicyclic) bond motifs is 2. The minimum atomic E-state index is -3.77. The van der Waals surface area contributed by atoms with E-state index in [1.54, 1.807) is 19.3 Å². The van der Waals surface area contributed by atoms with Crippen LogP contribution in [0.25, 0.3) is 22.2 Å². The molecule has 8 nitrogen and oxygen atoms in total. The van der Waals surface area contributed by atoms with E-state index in [9.17, 15) is 8.42 Å². The molecule has 0 amide bonds. The molecule has 0 fully saturated rings. The molecule has 4 heterocycles. The number of benzene rings is 1. The third-order valence-electron chi connectivity index (χ3n) is 6.24. The maximum absolute atomic E-state index is 13.3. The summed E-state index contributed by atoms with van der Waals surface area (Å²) >= 11 is 0. The van der Waals surface area contributed by atoms with Crippen molar-refractivity contribution in [3.63, 3.8) is 0 Å². The van der Waals surface area contributed by atoms with Crippen LogP contribution in [0.15, 0.2) is 53.9 Å². The van der Waals surface area contributed by atoms with Crippen LogP contribution >= 0.6 is 0 Å². The van der Waals surface area contributed by atoms with Crippen LogP contribution in [0, 0.1) is 0 Å². The number of pyridine rings is 1. The van der Waals surface area contributed by atoms with Gasteiger partial charge < -0.3 is 9.47 Å². The first-order valence-electron chi connectivity index (χ1n) is 10.6. The van der Waals surface area contributed by atoms with Gasteiger partial charge in [0.05, 0.1) is 17.3 Å². The largest absolute Gasteiger partial charge is 0.374 e. The number of nitrogens with zero attached hydrogens (tertiary/aromatic N) is 5. The third-order valence-corrected chi connectivity index (χ3v) is 7.98. The number of aromatic amines is 1. The van der Waals surface area contributed by atoms with Crippen LogP contribution in [-0.4, -0.2) is 48.8 Å². The molecule has 1 N–H and O–H groups in total. The number of likely N-dealkylation sites (N-methyl/N-ethyl adjacent to an activating group) is 1. The molecule has 32 heavy (non-hydrogen) atoms. The van der Waals surface area contributed by atoms with Crippen LogP contribution in [0.2, 0.25) is 0 Å². The molecular formula is C23H26N6O2S. The molecule has 0 unspecified atom stereocenters. The Kier molecular flexibility index (Phi) is 4.74. The number of hydrogen-bond acceptors (Lipinski definition) is 5. The lowest BCUT2D eigenvalue weighted by Gasteiger charge is -2.20. The van der Waals surface area contributed by atoms with E-state index in [-0.39, 0.29) is 10.9 Å². The van der Waals surface area contributed by atoms with E-state index in [4.69, 9.17) is 0 Å². The Morgan fingerprint density at radius 3 is 2.75 bits per heavy atom. The molecule has 0 atom stereocenters. The predicted molar refractivity (Wildman–Crippen MR) is 127 cm³/mol. The van der Waals surface area contributed by atoms with Crippen molar-refractivity contribution in [3.8, 4) is 11.1 Å². The molecule has 4 aromatic rings. The van der Waals surface area contributed by atoms with E-state index >= 15 is 0 Å². The number of H-pyrrole nitrogens is 1. The van der Waals surface area contributed by atoms with Gasteiger partial charge in [0.15, 0.2) is 0 Å². The zero-order valence-corrected chi connectivity index (χ0v) is 19.4. The summed E-state index contributed by atoms with van der Waals surface area (Å²) in [7, 11) is -0.0982. The Labute approximate surface area is 187 Å². The minimum Gasteiger partial charge on any atom is -0.374 e. The predicted octanol–water partition coefficient (Wildman–Crippen LogP) is 3.82. The summed E-state index contributed by atoms with van der Waals surface area (Å²) < 4.78 is 29.9. The van der Waals surface area contributed by atoms with Crippen molar-refractivity contribution < 1.29 is 8.42 Å². The highest BCUT2D eigenvalue weighted by Gasteiger charge is 2.27. The normalized spacial score (nSPS) is 13.8. The SMILES string of the molecule is CC(C)n1cc(-c2ccc3c(c2)N(C)CC3)c2c(N(C)S(=O)(=O)c3cn[nH]c3)ccnc21. The Morgan fingerprint density at radius 1 is 1.22 bits per heavy atom. The number of sulfonamides is 1. The van der Waals surface area contributed by atoms with Gasteiger partial charge >= 0.3 is 0 Å². The standard InChI is InChI=1S/C23H26N6O2S/c1-15(2)29-14-19(17-6-5-16-8-10-27(3)21(16)11-17)22-20(7-9-24-23(22)29)28(4)32(30,31)18-12-25-26-13-18/h5-7,9,11-15H,8,10H2,1-4H3,(H,25,26). The van der Waals surface area contributed by atoms with E-state index in [1.165, 1.54) is 27.9 Å². The highest BCUT2D eigenvalue weighted by molar-refractivity contribution is 7.92. The van der Waals surface area contributed by atoms with Gasteiger partial charge in [-0.15, -0.1) is 0 Å². The lowest BCUT2D eigenvalue weighted by Crippen LogP contribution is -2.26. The number of anilines is 2. The van der Waals surface area contributed by atoms with Gasteiger partial charge in [-0.2, -0.15) is 5.10 Å². The lowest BCUT2D eigenvalue weighted by molar-refractivity contribution is 0.594. The van der Waals surface area contributed by atoms with Gasteiger partial charge in [0.1, 0.15) is 10.5 Å². The highest BCUT2D eigenvalue weighted by atomic mass is 32.2. The molecule has 1 aliphatic heterocycles. The van der Waals surface area contributed by atoms with Crippen LogP contribution < -0.4 is 9.21 Å². The van der Waals surface area contributed by atoms with Gasteiger partial charge in [-0.3, -0.25) is 9.40 Å². The smallest absolute Gasteiger partial charge is 0.267 e. The summed E-state index contributed by atoms with van der Waals surface area (Å²) in [5.41, 5.74) is 5.91. The van der Waals surface area contributed by atoms with Crippen LogP contribution in [0.4, 0.5) is 11.4 Å². The molecule has 0 bridgehead atoms. The van der Waals surface area contributed by atoms with Gasteiger partial charge in [-0.05, 0) is 43.5 Å². The molecule has 166 valence electrons. The van der Waals surface area contributed by atoms with E-state index in [2.05, 4.69) is 69.9 Å². The van der Waals surface area contributed by atoms with Crippen molar-refractivity contribution in [2.45, 2.75) is 31.2 Å². The molecule has 3 aromatic heterocycles. The zero-order chi connectivity index (χ0) is 22.6. The second-order valence-corrected chi connectivity index (χ2v) is 10.5. The molecule has 1 aliphatic rings. The van der Waals surface area contributed by atoms with Crippen molar-refractivity contribution in [2.75, 3.05) is 29.8 Å². The van der Waals surface area contributed by atoms with E-state index in [0.29, 0.717) is 5.69 Å². The Bertz CT molecular complexity index is 1410. The third kappa shape index (κ3) is 3.07. The molecule has 9 heteroatoms. The molecule has 0 spiro atoms. The average molecular weight is 451 g/mol. The topological polar surface area (TPSA) is 87.1 Å². The maximum atomic E-state index is 13.3. The van der Waals surface area contributed by atoms with Gasteiger partial charge in [-0.1, -0.05) is 12.1 Å². The van der Waals surface area contributed by atoms with Crippen molar-refractivity contribution in [1.82, 2.24) is 19.7 Å². The summed E-state index contributed by atoms with van der Waals surface area (Å²) in [4.78, 5) is 7.01. The fourth-order valence-electron chi connectivity index (χ4n) is 4.41. The molecule has 5 rings (SSSR count). The summed E-state index contributed by atoms with van der Waals surface area (Å²) in [6.45, 7) is 5.20. The molecule has 0 saturated heterocycles. The van der Waals surface area contributed by atoms with Crippen molar-refractivity contribution in [3.05, 3.63) is 54.6 Å². The van der Waals surface area contributed by atoms with Crippen molar-refractivity contribution in [2.24, 2.45) is 0 Å². The molecule has 0 aliphatic carbocycles. The Hall–Kier alpha value is -3.33. The van der Waals surface area contributed by atoms with E-state index < -0.39 is 10.0 Å². The monoisotopic (exact) mass is 450 g/mol. The van der Waals surface area contributed by atoms with Gasteiger partial charge in [0.25, 0.3) is 10.0 Å². The lowest BCUT2D eigenvalue weighted by atomic mass is 10.0. The number of hydrogen-bond donors (Lipinski definition) is 1. The Balaban J connectivity index is 1.75. The van der Waals surface area contributed by atoms with Gasteiger partial charge in [-0.25, -0.2) is 13.4 Å². The first-order chi connectivity index (χ1) is 15.3. The number of nitrogens with one attached hydrogen (secondary N) is 1. The minimum absolute atomic E-state index is 0.119. The highest BCUT2D eigenvalue weighted by Crippen LogP contribution is 2.41. The molecular weight excluding hydrogens is 424 g/mol. The maximum Gasteiger partial charge on any atom is 0.267 e. The van der Waals surface area contributed by atoms with E-state index in [1.807, 2.05) is 0 Å². The van der Waals surface area contributed by atoms with Crippen LogP contribution in [0.3, 0.4) is 0 Å². The fraction of sp³-hybridized carbons (Fsp3) is 0.304.